The summed E-state index contributed by atoms with van der Waals surface area (Å²) in [6, 6.07) is -0.355. The Morgan fingerprint density at radius 2 is 1.88 bits per heavy atom. The molecule has 0 aromatic heterocycles. The molecule has 1 atom stereocenters. The van der Waals surface area contributed by atoms with Crippen molar-refractivity contribution in [1.29, 1.82) is 0 Å². The zero-order valence-electron chi connectivity index (χ0n) is 11.1. The van der Waals surface area contributed by atoms with Crippen LogP contribution in [0.15, 0.2) is 11.6 Å². The van der Waals surface area contributed by atoms with Crippen molar-refractivity contribution in [3.63, 3.8) is 0 Å². The van der Waals surface area contributed by atoms with E-state index in [1.165, 1.54) is 0 Å². The number of amides is 1. The number of nitrogens with one attached hydrogen (secondary N) is 2. The van der Waals surface area contributed by atoms with Gasteiger partial charge in [0.1, 0.15) is 0 Å². The number of carboxylic acid groups (broad SMARTS) is 1. The highest BCUT2D eigenvalue weighted by Gasteiger charge is 2.18. The lowest BCUT2D eigenvalue weighted by Gasteiger charge is -2.23. The Labute approximate surface area is 102 Å². The molecule has 0 saturated carbocycles. The summed E-state index contributed by atoms with van der Waals surface area (Å²) in [5.41, 5.74) is 0.409. The topological polar surface area (TPSA) is 78.4 Å². The van der Waals surface area contributed by atoms with Gasteiger partial charge in [-0.2, -0.15) is 0 Å². The first-order valence-corrected chi connectivity index (χ1v) is 5.57. The van der Waals surface area contributed by atoms with Gasteiger partial charge in [0.25, 0.3) is 0 Å². The van der Waals surface area contributed by atoms with E-state index in [1.54, 1.807) is 13.8 Å². The number of aliphatic carboxylic acids is 1. The van der Waals surface area contributed by atoms with Gasteiger partial charge in [-0.25, -0.2) is 4.79 Å². The molecule has 0 fully saturated rings. The standard InChI is InChI=1S/C12H22N2O3/c1-8(6-10(15)16)7-13-9(2)11(17)14-12(3,4)5/h6,9,13H,7H2,1-5H3,(H,14,17)(H,15,16). The number of rotatable bonds is 5. The first kappa shape index (κ1) is 15.6. The van der Waals surface area contributed by atoms with Gasteiger partial charge in [0.05, 0.1) is 6.04 Å². The fraction of sp³-hybridized carbons (Fsp3) is 0.667. The van der Waals surface area contributed by atoms with E-state index >= 15 is 0 Å². The van der Waals surface area contributed by atoms with Crippen molar-refractivity contribution in [1.82, 2.24) is 10.6 Å². The maximum atomic E-state index is 11.7. The summed E-state index contributed by atoms with van der Waals surface area (Å²) in [6.07, 6.45) is 1.13. The van der Waals surface area contributed by atoms with Crippen molar-refractivity contribution >= 4 is 11.9 Å². The molecule has 1 unspecified atom stereocenters. The van der Waals surface area contributed by atoms with Crippen molar-refractivity contribution in [2.75, 3.05) is 6.54 Å². The quantitative estimate of drug-likeness (QED) is 0.626. The molecule has 0 aliphatic rings. The van der Waals surface area contributed by atoms with Crippen LogP contribution in [0.1, 0.15) is 34.6 Å². The van der Waals surface area contributed by atoms with Gasteiger partial charge in [-0.1, -0.05) is 5.57 Å². The van der Waals surface area contributed by atoms with Crippen LogP contribution in [0.2, 0.25) is 0 Å². The highest BCUT2D eigenvalue weighted by Crippen LogP contribution is 1.99. The van der Waals surface area contributed by atoms with Gasteiger partial charge in [-0.15, -0.1) is 0 Å². The smallest absolute Gasteiger partial charge is 0.328 e. The summed E-state index contributed by atoms with van der Waals surface area (Å²) in [7, 11) is 0. The monoisotopic (exact) mass is 242 g/mol. The molecule has 0 radical (unpaired) electrons. The molecule has 98 valence electrons. The van der Waals surface area contributed by atoms with Crippen LogP contribution >= 0.6 is 0 Å². The molecule has 0 aliphatic carbocycles. The Morgan fingerprint density at radius 3 is 2.29 bits per heavy atom. The van der Waals surface area contributed by atoms with Crippen LogP contribution in [-0.4, -0.2) is 35.1 Å². The molecule has 17 heavy (non-hydrogen) atoms. The first-order chi connectivity index (χ1) is 7.61. The minimum atomic E-state index is -0.976. The Bertz CT molecular complexity index is 316. The van der Waals surface area contributed by atoms with E-state index in [-0.39, 0.29) is 17.5 Å². The highest BCUT2D eigenvalue weighted by molar-refractivity contribution is 5.82. The first-order valence-electron chi connectivity index (χ1n) is 5.57. The van der Waals surface area contributed by atoms with Gasteiger partial charge in [0.15, 0.2) is 0 Å². The number of carbonyl (C=O) groups is 2. The van der Waals surface area contributed by atoms with E-state index in [0.29, 0.717) is 12.1 Å². The molecule has 0 spiro atoms. The van der Waals surface area contributed by atoms with E-state index < -0.39 is 5.97 Å². The normalized spacial score (nSPS) is 14.3. The molecule has 0 bridgehead atoms. The third-order valence-electron chi connectivity index (χ3n) is 1.95. The van der Waals surface area contributed by atoms with Crippen LogP contribution in [0.5, 0.6) is 0 Å². The number of hydrogen-bond acceptors (Lipinski definition) is 3. The molecule has 0 aromatic rings. The minimum Gasteiger partial charge on any atom is -0.478 e. The maximum Gasteiger partial charge on any atom is 0.328 e. The average molecular weight is 242 g/mol. The van der Waals surface area contributed by atoms with Gasteiger partial charge in [0, 0.05) is 18.2 Å². The third-order valence-corrected chi connectivity index (χ3v) is 1.95. The van der Waals surface area contributed by atoms with Gasteiger partial charge in [-0.3, -0.25) is 4.79 Å². The molecule has 5 heteroatoms. The van der Waals surface area contributed by atoms with E-state index in [1.807, 2.05) is 20.8 Å². The molecular formula is C12H22N2O3. The van der Waals surface area contributed by atoms with Crippen LogP contribution in [-0.2, 0) is 9.59 Å². The zero-order chi connectivity index (χ0) is 13.6. The molecule has 0 heterocycles. The molecule has 0 aromatic carbocycles. The molecule has 0 saturated heterocycles. The molecule has 0 aliphatic heterocycles. The second kappa shape index (κ2) is 6.39. The van der Waals surface area contributed by atoms with Crippen LogP contribution in [0.3, 0.4) is 0 Å². The largest absolute Gasteiger partial charge is 0.478 e. The lowest BCUT2D eigenvalue weighted by Crippen LogP contribution is -2.49. The van der Waals surface area contributed by atoms with Gasteiger partial charge in [-0.05, 0) is 34.6 Å². The van der Waals surface area contributed by atoms with Gasteiger partial charge in [0.2, 0.25) is 5.91 Å². The second-order valence-corrected chi connectivity index (χ2v) is 5.17. The van der Waals surface area contributed by atoms with Crippen molar-refractivity contribution < 1.29 is 14.7 Å². The van der Waals surface area contributed by atoms with Crippen molar-refractivity contribution in [3.8, 4) is 0 Å². The highest BCUT2D eigenvalue weighted by atomic mass is 16.4. The zero-order valence-corrected chi connectivity index (χ0v) is 11.1. The summed E-state index contributed by atoms with van der Waals surface area (Å²) < 4.78 is 0. The number of carboxylic acids is 1. The summed E-state index contributed by atoms with van der Waals surface area (Å²) in [5, 5.41) is 14.3. The fourth-order valence-electron chi connectivity index (χ4n) is 1.15. The average Bonchev–Trinajstić information content (AvgIpc) is 2.10. The summed E-state index contributed by atoms with van der Waals surface area (Å²) >= 11 is 0. The Hall–Kier alpha value is -1.36. The molecule has 1 amide bonds. The fourth-order valence-corrected chi connectivity index (χ4v) is 1.15. The molecule has 3 N–H and O–H groups in total. The third kappa shape index (κ3) is 8.45. The van der Waals surface area contributed by atoms with E-state index in [4.69, 9.17) is 5.11 Å². The minimum absolute atomic E-state index is 0.0966. The summed E-state index contributed by atoms with van der Waals surface area (Å²) in [5.74, 6) is -1.07. The Kier molecular flexibility index (Phi) is 5.88. The lowest BCUT2D eigenvalue weighted by atomic mass is 10.1. The SMILES string of the molecule is CC(=CC(=O)O)CNC(C)C(=O)NC(C)(C)C. The number of hydrogen-bond donors (Lipinski definition) is 3. The Balaban J connectivity index is 4.15. The van der Waals surface area contributed by atoms with Crippen LogP contribution in [0.25, 0.3) is 0 Å². The van der Waals surface area contributed by atoms with Crippen molar-refractivity contribution in [2.45, 2.75) is 46.2 Å². The number of carbonyl (C=O) groups excluding carboxylic acids is 1. The lowest BCUT2D eigenvalue weighted by molar-refractivity contribution is -0.131. The summed E-state index contributed by atoms with van der Waals surface area (Å²) in [4.78, 5) is 22.1. The predicted molar refractivity (Wildman–Crippen MR) is 66.8 cm³/mol. The van der Waals surface area contributed by atoms with Gasteiger partial charge < -0.3 is 15.7 Å². The molecular weight excluding hydrogens is 220 g/mol. The van der Waals surface area contributed by atoms with E-state index in [0.717, 1.165) is 6.08 Å². The van der Waals surface area contributed by atoms with Crippen LogP contribution < -0.4 is 10.6 Å². The molecule has 5 nitrogen and oxygen atoms in total. The van der Waals surface area contributed by atoms with Crippen molar-refractivity contribution in [2.24, 2.45) is 0 Å². The van der Waals surface area contributed by atoms with Gasteiger partial charge >= 0.3 is 5.97 Å². The summed E-state index contributed by atoms with van der Waals surface area (Å²) in [6.45, 7) is 9.56. The Morgan fingerprint density at radius 1 is 1.35 bits per heavy atom. The van der Waals surface area contributed by atoms with Crippen LogP contribution in [0.4, 0.5) is 0 Å². The van der Waals surface area contributed by atoms with E-state index in [9.17, 15) is 9.59 Å². The second-order valence-electron chi connectivity index (χ2n) is 5.17. The predicted octanol–water partition coefficient (Wildman–Crippen LogP) is 0.910. The van der Waals surface area contributed by atoms with E-state index in [2.05, 4.69) is 10.6 Å². The van der Waals surface area contributed by atoms with Crippen molar-refractivity contribution in [3.05, 3.63) is 11.6 Å². The molecule has 0 rings (SSSR count). The maximum absolute atomic E-state index is 11.7. The van der Waals surface area contributed by atoms with Crippen LogP contribution in [0, 0.1) is 0 Å².